The number of hydrogen-bond acceptors (Lipinski definition) is 3. The SMILES string of the molecule is COc1ccc(C(=O)N2CCC(C(=O)NC(C)c3ccc(F)cc3)CC2)cc1. The van der Waals surface area contributed by atoms with Gasteiger partial charge in [-0.2, -0.15) is 0 Å². The summed E-state index contributed by atoms with van der Waals surface area (Å²) in [4.78, 5) is 27.0. The Morgan fingerprint density at radius 2 is 1.68 bits per heavy atom. The van der Waals surface area contributed by atoms with Gasteiger partial charge in [-0.3, -0.25) is 9.59 Å². The van der Waals surface area contributed by atoms with Crippen LogP contribution in [0.4, 0.5) is 4.39 Å². The van der Waals surface area contributed by atoms with Crippen molar-refractivity contribution >= 4 is 11.8 Å². The van der Waals surface area contributed by atoms with Crippen molar-refractivity contribution in [3.8, 4) is 5.75 Å². The summed E-state index contributed by atoms with van der Waals surface area (Å²) in [5.74, 6) is 0.246. The molecular formula is C22H25FN2O3. The minimum atomic E-state index is -0.295. The minimum absolute atomic E-state index is 0.0200. The molecule has 6 heteroatoms. The molecule has 0 spiro atoms. The number of ether oxygens (including phenoxy) is 1. The third kappa shape index (κ3) is 4.68. The van der Waals surface area contributed by atoms with Crippen LogP contribution in [0.5, 0.6) is 5.75 Å². The van der Waals surface area contributed by atoms with E-state index in [0.29, 0.717) is 37.2 Å². The summed E-state index contributed by atoms with van der Waals surface area (Å²) in [5.41, 5.74) is 1.48. The van der Waals surface area contributed by atoms with Crippen molar-refractivity contribution in [1.82, 2.24) is 10.2 Å². The fourth-order valence-corrected chi connectivity index (χ4v) is 3.43. The van der Waals surface area contributed by atoms with Gasteiger partial charge in [0.25, 0.3) is 5.91 Å². The maximum atomic E-state index is 13.0. The lowest BCUT2D eigenvalue weighted by atomic mass is 9.94. The quantitative estimate of drug-likeness (QED) is 0.858. The molecule has 0 radical (unpaired) electrons. The first-order valence-corrected chi connectivity index (χ1v) is 9.47. The summed E-state index contributed by atoms with van der Waals surface area (Å²) in [5, 5.41) is 3.00. The van der Waals surface area contributed by atoms with Crippen LogP contribution in [0.3, 0.4) is 0 Å². The van der Waals surface area contributed by atoms with Gasteiger partial charge in [0.05, 0.1) is 13.2 Å². The highest BCUT2D eigenvalue weighted by Gasteiger charge is 2.28. The normalized spacial score (nSPS) is 15.8. The maximum absolute atomic E-state index is 13.0. The van der Waals surface area contributed by atoms with Gasteiger partial charge in [-0.05, 0) is 61.7 Å². The second kappa shape index (κ2) is 8.87. The van der Waals surface area contributed by atoms with E-state index in [1.165, 1.54) is 12.1 Å². The van der Waals surface area contributed by atoms with Crippen molar-refractivity contribution in [3.05, 3.63) is 65.5 Å². The second-order valence-electron chi connectivity index (χ2n) is 7.08. The highest BCUT2D eigenvalue weighted by molar-refractivity contribution is 5.94. The van der Waals surface area contributed by atoms with Gasteiger partial charge in [-0.1, -0.05) is 12.1 Å². The number of carbonyl (C=O) groups excluding carboxylic acids is 2. The fourth-order valence-electron chi connectivity index (χ4n) is 3.43. The van der Waals surface area contributed by atoms with Crippen LogP contribution in [-0.2, 0) is 4.79 Å². The van der Waals surface area contributed by atoms with Crippen molar-refractivity contribution in [2.45, 2.75) is 25.8 Å². The smallest absolute Gasteiger partial charge is 0.253 e. The molecule has 148 valence electrons. The van der Waals surface area contributed by atoms with Crippen molar-refractivity contribution in [2.24, 2.45) is 5.92 Å². The lowest BCUT2D eigenvalue weighted by Gasteiger charge is -2.32. The van der Waals surface area contributed by atoms with Crippen LogP contribution in [0.2, 0.25) is 0 Å². The summed E-state index contributed by atoms with van der Waals surface area (Å²) in [7, 11) is 1.59. The van der Waals surface area contributed by atoms with E-state index in [0.717, 1.165) is 5.56 Å². The highest BCUT2D eigenvalue weighted by Crippen LogP contribution is 2.22. The van der Waals surface area contributed by atoms with Gasteiger partial charge < -0.3 is 15.0 Å². The first-order chi connectivity index (χ1) is 13.5. The Balaban J connectivity index is 1.51. The number of methoxy groups -OCH3 is 1. The van der Waals surface area contributed by atoms with Crippen LogP contribution >= 0.6 is 0 Å². The molecule has 0 aromatic heterocycles. The van der Waals surface area contributed by atoms with E-state index < -0.39 is 0 Å². The third-order valence-corrected chi connectivity index (χ3v) is 5.22. The van der Waals surface area contributed by atoms with Gasteiger partial charge in [0, 0.05) is 24.6 Å². The molecule has 2 amide bonds. The molecule has 2 aromatic rings. The zero-order valence-electron chi connectivity index (χ0n) is 16.2. The molecule has 1 N–H and O–H groups in total. The summed E-state index contributed by atoms with van der Waals surface area (Å²) >= 11 is 0. The molecule has 0 aliphatic carbocycles. The third-order valence-electron chi connectivity index (χ3n) is 5.22. The molecule has 28 heavy (non-hydrogen) atoms. The van der Waals surface area contributed by atoms with Crippen LogP contribution in [0.15, 0.2) is 48.5 Å². The Hall–Kier alpha value is -2.89. The molecule has 0 saturated carbocycles. The number of amides is 2. The van der Waals surface area contributed by atoms with Gasteiger partial charge in [-0.25, -0.2) is 4.39 Å². The molecule has 1 atom stereocenters. The first-order valence-electron chi connectivity index (χ1n) is 9.47. The van der Waals surface area contributed by atoms with E-state index in [1.54, 1.807) is 48.4 Å². The number of rotatable bonds is 5. The molecule has 1 aliphatic rings. The predicted molar refractivity (Wildman–Crippen MR) is 105 cm³/mol. The van der Waals surface area contributed by atoms with E-state index in [9.17, 15) is 14.0 Å². The monoisotopic (exact) mass is 384 g/mol. The van der Waals surface area contributed by atoms with Crippen molar-refractivity contribution in [3.63, 3.8) is 0 Å². The van der Waals surface area contributed by atoms with Gasteiger partial charge in [-0.15, -0.1) is 0 Å². The lowest BCUT2D eigenvalue weighted by molar-refractivity contribution is -0.126. The standard InChI is InChI=1S/C22H25FN2O3/c1-15(16-3-7-19(23)8-4-16)24-21(26)17-11-13-25(14-12-17)22(27)18-5-9-20(28-2)10-6-18/h3-10,15,17H,11-14H2,1-2H3,(H,24,26). The number of nitrogens with one attached hydrogen (secondary N) is 1. The van der Waals surface area contributed by atoms with Gasteiger partial charge in [0.1, 0.15) is 11.6 Å². The summed E-state index contributed by atoms with van der Waals surface area (Å²) < 4.78 is 18.2. The zero-order chi connectivity index (χ0) is 20.1. The number of carbonyl (C=O) groups is 2. The first kappa shape index (κ1) is 19.9. The van der Waals surface area contributed by atoms with Crippen LogP contribution in [0.1, 0.15) is 41.7 Å². The average molecular weight is 384 g/mol. The van der Waals surface area contributed by atoms with Gasteiger partial charge in [0.15, 0.2) is 0 Å². The summed E-state index contributed by atoms with van der Waals surface area (Å²) in [6.07, 6.45) is 1.26. The molecule has 0 bridgehead atoms. The molecule has 1 fully saturated rings. The van der Waals surface area contributed by atoms with E-state index in [4.69, 9.17) is 4.74 Å². The van der Waals surface area contributed by atoms with E-state index in [1.807, 2.05) is 6.92 Å². The molecule has 1 heterocycles. The summed E-state index contributed by atoms with van der Waals surface area (Å²) in [6, 6.07) is 13.0. The number of likely N-dealkylation sites (tertiary alicyclic amines) is 1. The Bertz CT molecular complexity index is 813. The Morgan fingerprint density at radius 3 is 2.25 bits per heavy atom. The molecule has 3 rings (SSSR count). The molecular weight excluding hydrogens is 359 g/mol. The molecule has 5 nitrogen and oxygen atoms in total. The van der Waals surface area contributed by atoms with Crippen molar-refractivity contribution < 1.29 is 18.7 Å². The average Bonchev–Trinajstić information content (AvgIpc) is 2.73. The Labute approximate surface area is 164 Å². The van der Waals surface area contributed by atoms with Gasteiger partial charge >= 0.3 is 0 Å². The van der Waals surface area contributed by atoms with Crippen LogP contribution in [-0.4, -0.2) is 36.9 Å². The van der Waals surface area contributed by atoms with Crippen molar-refractivity contribution in [2.75, 3.05) is 20.2 Å². The van der Waals surface area contributed by atoms with Crippen LogP contribution in [0, 0.1) is 11.7 Å². The Morgan fingerprint density at radius 1 is 1.07 bits per heavy atom. The highest BCUT2D eigenvalue weighted by atomic mass is 19.1. The van der Waals surface area contributed by atoms with E-state index in [-0.39, 0.29) is 29.6 Å². The largest absolute Gasteiger partial charge is 0.497 e. The lowest BCUT2D eigenvalue weighted by Crippen LogP contribution is -2.43. The van der Waals surface area contributed by atoms with E-state index in [2.05, 4.69) is 5.32 Å². The van der Waals surface area contributed by atoms with Crippen LogP contribution < -0.4 is 10.1 Å². The topological polar surface area (TPSA) is 58.6 Å². The molecule has 1 aliphatic heterocycles. The molecule has 1 unspecified atom stereocenters. The van der Waals surface area contributed by atoms with E-state index >= 15 is 0 Å². The zero-order valence-corrected chi connectivity index (χ0v) is 16.2. The number of halogens is 1. The second-order valence-corrected chi connectivity index (χ2v) is 7.08. The maximum Gasteiger partial charge on any atom is 0.253 e. The predicted octanol–water partition coefficient (Wildman–Crippen LogP) is 3.56. The number of nitrogens with zero attached hydrogens (tertiary/aromatic N) is 1. The van der Waals surface area contributed by atoms with Crippen LogP contribution in [0.25, 0.3) is 0 Å². The number of benzene rings is 2. The van der Waals surface area contributed by atoms with Crippen molar-refractivity contribution in [1.29, 1.82) is 0 Å². The molecule has 2 aromatic carbocycles. The number of hydrogen-bond donors (Lipinski definition) is 1. The molecule has 1 saturated heterocycles. The minimum Gasteiger partial charge on any atom is -0.497 e. The Kier molecular flexibility index (Phi) is 6.29. The number of piperidine rings is 1. The summed E-state index contributed by atoms with van der Waals surface area (Å²) in [6.45, 7) is 2.98. The van der Waals surface area contributed by atoms with Gasteiger partial charge in [0.2, 0.25) is 5.91 Å². The fraction of sp³-hybridized carbons (Fsp3) is 0.364.